The summed E-state index contributed by atoms with van der Waals surface area (Å²) >= 11 is 0. The first-order valence-electron chi connectivity index (χ1n) is 9.92. The summed E-state index contributed by atoms with van der Waals surface area (Å²) < 4.78 is 5.54. The Bertz CT molecular complexity index is 633. The summed E-state index contributed by atoms with van der Waals surface area (Å²) in [6, 6.07) is 10.4. The molecule has 1 aromatic carbocycles. The number of rotatable bonds is 6. The number of amides is 2. The van der Waals surface area contributed by atoms with E-state index in [1.54, 1.807) is 13.8 Å². The number of carbonyl (C=O) groups is 2. The molecule has 0 aliphatic carbocycles. The van der Waals surface area contributed by atoms with Crippen LogP contribution >= 0.6 is 0 Å². The van der Waals surface area contributed by atoms with Gasteiger partial charge in [-0.3, -0.25) is 14.5 Å². The standard InChI is InChI=1S/C21H31N3O3/c1-21(2,19(25)22-15-18-9-6-14-27-18)20(26)24-12-10-23(11-13-24)16-17-7-4-3-5-8-17/h3-5,7-8,18H,6,9-16H2,1-2H3,(H,22,25). The van der Waals surface area contributed by atoms with E-state index >= 15 is 0 Å². The van der Waals surface area contributed by atoms with Crippen molar-refractivity contribution in [3.8, 4) is 0 Å². The lowest BCUT2D eigenvalue weighted by atomic mass is 9.89. The Morgan fingerprint density at radius 2 is 1.85 bits per heavy atom. The number of nitrogens with zero attached hydrogens (tertiary/aromatic N) is 2. The molecule has 1 N–H and O–H groups in total. The third-order valence-corrected chi connectivity index (χ3v) is 5.53. The molecule has 3 rings (SSSR count). The van der Waals surface area contributed by atoms with Crippen molar-refractivity contribution in [3.63, 3.8) is 0 Å². The molecule has 2 heterocycles. The Morgan fingerprint density at radius 1 is 1.15 bits per heavy atom. The number of nitrogens with one attached hydrogen (secondary N) is 1. The van der Waals surface area contributed by atoms with E-state index in [4.69, 9.17) is 4.74 Å². The van der Waals surface area contributed by atoms with Crippen LogP contribution in [0.2, 0.25) is 0 Å². The van der Waals surface area contributed by atoms with Gasteiger partial charge in [-0.25, -0.2) is 0 Å². The zero-order valence-corrected chi connectivity index (χ0v) is 16.4. The van der Waals surface area contributed by atoms with Crippen LogP contribution in [0.3, 0.4) is 0 Å². The van der Waals surface area contributed by atoms with Crippen molar-refractivity contribution in [2.45, 2.75) is 39.3 Å². The molecule has 2 amide bonds. The molecule has 1 unspecified atom stereocenters. The highest BCUT2D eigenvalue weighted by Gasteiger charge is 2.40. The number of ether oxygens (including phenoxy) is 1. The molecule has 2 aliphatic rings. The summed E-state index contributed by atoms with van der Waals surface area (Å²) in [5.41, 5.74) is 0.228. The number of piperazine rings is 1. The van der Waals surface area contributed by atoms with Crippen molar-refractivity contribution >= 4 is 11.8 Å². The van der Waals surface area contributed by atoms with E-state index in [1.165, 1.54) is 5.56 Å². The van der Waals surface area contributed by atoms with Gasteiger partial charge in [-0.05, 0) is 32.3 Å². The topological polar surface area (TPSA) is 61.9 Å². The van der Waals surface area contributed by atoms with Crippen LogP contribution < -0.4 is 5.32 Å². The number of benzene rings is 1. The van der Waals surface area contributed by atoms with Crippen molar-refractivity contribution in [3.05, 3.63) is 35.9 Å². The monoisotopic (exact) mass is 373 g/mol. The van der Waals surface area contributed by atoms with Crippen molar-refractivity contribution in [2.24, 2.45) is 5.41 Å². The normalized spacial score (nSPS) is 21.3. The van der Waals surface area contributed by atoms with Crippen LogP contribution in [0.5, 0.6) is 0 Å². The Balaban J connectivity index is 1.47. The smallest absolute Gasteiger partial charge is 0.237 e. The van der Waals surface area contributed by atoms with E-state index in [9.17, 15) is 9.59 Å². The number of carbonyl (C=O) groups excluding carboxylic acids is 2. The molecule has 2 saturated heterocycles. The molecule has 0 bridgehead atoms. The summed E-state index contributed by atoms with van der Waals surface area (Å²) in [5.74, 6) is -0.304. The highest BCUT2D eigenvalue weighted by atomic mass is 16.5. The van der Waals surface area contributed by atoms with Gasteiger partial charge in [0.1, 0.15) is 5.41 Å². The molecule has 0 spiro atoms. The Kier molecular flexibility index (Phi) is 6.50. The van der Waals surface area contributed by atoms with Gasteiger partial charge in [-0.2, -0.15) is 0 Å². The van der Waals surface area contributed by atoms with E-state index in [-0.39, 0.29) is 17.9 Å². The van der Waals surface area contributed by atoms with Crippen molar-refractivity contribution in [2.75, 3.05) is 39.3 Å². The van der Waals surface area contributed by atoms with Crippen LogP contribution in [-0.2, 0) is 20.9 Å². The van der Waals surface area contributed by atoms with Crippen LogP contribution in [0.4, 0.5) is 0 Å². The first-order chi connectivity index (χ1) is 13.0. The van der Waals surface area contributed by atoms with Gasteiger partial charge in [0, 0.05) is 45.9 Å². The fourth-order valence-electron chi connectivity index (χ4n) is 3.68. The lowest BCUT2D eigenvalue weighted by molar-refractivity contribution is -0.150. The number of hydrogen-bond acceptors (Lipinski definition) is 4. The molecule has 1 atom stereocenters. The van der Waals surface area contributed by atoms with Crippen LogP contribution in [0, 0.1) is 5.41 Å². The molecule has 6 nitrogen and oxygen atoms in total. The maximum absolute atomic E-state index is 12.9. The summed E-state index contributed by atoms with van der Waals surface area (Å²) in [6.07, 6.45) is 2.09. The summed E-state index contributed by atoms with van der Waals surface area (Å²) in [4.78, 5) is 29.7. The minimum absolute atomic E-state index is 0.0846. The minimum Gasteiger partial charge on any atom is -0.376 e. The van der Waals surface area contributed by atoms with E-state index in [0.29, 0.717) is 19.6 Å². The lowest BCUT2D eigenvalue weighted by Gasteiger charge is -2.38. The van der Waals surface area contributed by atoms with Gasteiger partial charge in [0.25, 0.3) is 0 Å². The van der Waals surface area contributed by atoms with Gasteiger partial charge in [0.2, 0.25) is 11.8 Å². The molecular formula is C21H31N3O3. The fourth-order valence-corrected chi connectivity index (χ4v) is 3.68. The van der Waals surface area contributed by atoms with Gasteiger partial charge in [0.05, 0.1) is 6.10 Å². The third-order valence-electron chi connectivity index (χ3n) is 5.53. The van der Waals surface area contributed by atoms with Crippen LogP contribution in [0.15, 0.2) is 30.3 Å². The lowest BCUT2D eigenvalue weighted by Crippen LogP contribution is -2.55. The molecule has 2 aliphatic heterocycles. The molecular weight excluding hydrogens is 342 g/mol. The second kappa shape index (κ2) is 8.85. The van der Waals surface area contributed by atoms with E-state index in [0.717, 1.165) is 39.1 Å². The van der Waals surface area contributed by atoms with Gasteiger partial charge in [-0.1, -0.05) is 30.3 Å². The Labute approximate surface area is 161 Å². The zero-order chi connectivity index (χ0) is 19.3. The van der Waals surface area contributed by atoms with Gasteiger partial charge in [-0.15, -0.1) is 0 Å². The molecule has 0 radical (unpaired) electrons. The maximum Gasteiger partial charge on any atom is 0.237 e. The Hall–Kier alpha value is -1.92. The first-order valence-corrected chi connectivity index (χ1v) is 9.92. The fraction of sp³-hybridized carbons (Fsp3) is 0.619. The van der Waals surface area contributed by atoms with E-state index in [1.807, 2.05) is 23.1 Å². The molecule has 1 aromatic rings. The largest absolute Gasteiger partial charge is 0.376 e. The predicted octanol–water partition coefficient (Wildman–Crippen LogP) is 1.65. The average molecular weight is 373 g/mol. The van der Waals surface area contributed by atoms with Crippen LogP contribution in [0.25, 0.3) is 0 Å². The quantitative estimate of drug-likeness (QED) is 0.771. The van der Waals surface area contributed by atoms with E-state index in [2.05, 4.69) is 22.3 Å². The van der Waals surface area contributed by atoms with Crippen molar-refractivity contribution in [1.29, 1.82) is 0 Å². The van der Waals surface area contributed by atoms with Crippen molar-refractivity contribution < 1.29 is 14.3 Å². The molecule has 27 heavy (non-hydrogen) atoms. The van der Waals surface area contributed by atoms with Crippen molar-refractivity contribution in [1.82, 2.24) is 15.1 Å². The summed E-state index contributed by atoms with van der Waals surface area (Å²) in [7, 11) is 0. The molecule has 2 fully saturated rings. The highest BCUT2D eigenvalue weighted by molar-refractivity contribution is 6.04. The van der Waals surface area contributed by atoms with Crippen LogP contribution in [-0.4, -0.2) is 67.0 Å². The Morgan fingerprint density at radius 3 is 2.48 bits per heavy atom. The summed E-state index contributed by atoms with van der Waals surface area (Å²) in [5, 5.41) is 2.90. The van der Waals surface area contributed by atoms with E-state index < -0.39 is 5.41 Å². The third kappa shape index (κ3) is 5.08. The van der Waals surface area contributed by atoms with Gasteiger partial charge < -0.3 is 15.0 Å². The number of hydrogen-bond donors (Lipinski definition) is 1. The maximum atomic E-state index is 12.9. The van der Waals surface area contributed by atoms with Crippen LogP contribution in [0.1, 0.15) is 32.3 Å². The second-order valence-electron chi connectivity index (χ2n) is 8.02. The first kappa shape index (κ1) is 19.8. The SMILES string of the molecule is CC(C)(C(=O)NCC1CCCO1)C(=O)N1CCN(Cc2ccccc2)CC1. The molecule has 0 aromatic heterocycles. The molecule has 6 heteroatoms. The predicted molar refractivity (Wildman–Crippen MR) is 104 cm³/mol. The summed E-state index contributed by atoms with van der Waals surface area (Å²) in [6.45, 7) is 8.56. The highest BCUT2D eigenvalue weighted by Crippen LogP contribution is 2.21. The van der Waals surface area contributed by atoms with Gasteiger partial charge in [0.15, 0.2) is 0 Å². The average Bonchev–Trinajstić information content (AvgIpc) is 3.20. The zero-order valence-electron chi connectivity index (χ0n) is 16.4. The minimum atomic E-state index is -1.06. The van der Waals surface area contributed by atoms with Gasteiger partial charge >= 0.3 is 0 Å². The molecule has 148 valence electrons. The molecule has 0 saturated carbocycles. The second-order valence-corrected chi connectivity index (χ2v) is 8.02.